The zero-order valence-corrected chi connectivity index (χ0v) is 18.4. The van der Waals surface area contributed by atoms with Gasteiger partial charge in [0, 0.05) is 19.1 Å². The lowest BCUT2D eigenvalue weighted by Crippen LogP contribution is -2.41. The maximum absolute atomic E-state index is 12.8. The molecule has 3 rings (SSSR count). The van der Waals surface area contributed by atoms with Gasteiger partial charge in [-0.25, -0.2) is 8.42 Å². The Morgan fingerprint density at radius 2 is 1.84 bits per heavy atom. The monoisotopic (exact) mass is 446 g/mol. The molecule has 2 heterocycles. The van der Waals surface area contributed by atoms with Crippen molar-refractivity contribution in [3.05, 3.63) is 15.4 Å². The summed E-state index contributed by atoms with van der Waals surface area (Å²) in [5.41, 5.74) is 0. The van der Waals surface area contributed by atoms with Gasteiger partial charge in [0.25, 0.3) is 10.0 Å². The normalized spacial score (nSPS) is 26.1. The second-order valence-corrected chi connectivity index (χ2v) is 11.3. The average molecular weight is 448 g/mol. The van der Waals surface area contributed by atoms with Crippen LogP contribution in [0.25, 0.3) is 0 Å². The fourth-order valence-electron chi connectivity index (χ4n) is 3.78. The molecule has 0 radical (unpaired) electrons. The van der Waals surface area contributed by atoms with E-state index in [1.807, 2.05) is 0 Å². The van der Waals surface area contributed by atoms with Crippen LogP contribution in [0.4, 0.5) is 0 Å². The molecule has 0 spiro atoms. The van der Waals surface area contributed by atoms with Gasteiger partial charge in [0.15, 0.2) is 0 Å². The Morgan fingerprint density at radius 3 is 2.40 bits per heavy atom. The standard InChI is InChI=1S/C16H24Cl2N2O2S2.ClH/c1-11-5-7-20(8-6-11)13-4-3-12(9-13)19(2)24(21,22)15-10-14(17)16(18)23-15;/h10-13H,3-9H2,1-2H3;1H/t12-,13+;/m1./s1. The van der Waals surface area contributed by atoms with E-state index in [0.717, 1.165) is 49.6 Å². The molecular formula is C16H25Cl3N2O2S2. The van der Waals surface area contributed by atoms with E-state index in [4.69, 9.17) is 23.2 Å². The van der Waals surface area contributed by atoms with E-state index in [0.29, 0.717) is 15.4 Å². The third-order valence-corrected chi connectivity index (χ3v) is 9.71. The van der Waals surface area contributed by atoms with Crippen LogP contribution in [0, 0.1) is 5.92 Å². The highest BCUT2D eigenvalue weighted by atomic mass is 35.5. The minimum Gasteiger partial charge on any atom is -0.300 e. The number of sulfonamides is 1. The van der Waals surface area contributed by atoms with Gasteiger partial charge in [-0.2, -0.15) is 4.31 Å². The summed E-state index contributed by atoms with van der Waals surface area (Å²) >= 11 is 12.9. The third kappa shape index (κ3) is 4.65. The maximum atomic E-state index is 12.8. The quantitative estimate of drug-likeness (QED) is 0.668. The molecule has 1 aliphatic heterocycles. The van der Waals surface area contributed by atoms with Gasteiger partial charge >= 0.3 is 0 Å². The molecule has 1 aromatic rings. The molecule has 0 bridgehead atoms. The molecule has 1 aromatic heterocycles. The summed E-state index contributed by atoms with van der Waals surface area (Å²) in [4.78, 5) is 2.55. The molecular weight excluding hydrogens is 423 g/mol. The van der Waals surface area contributed by atoms with Crippen molar-refractivity contribution in [3.8, 4) is 0 Å². The van der Waals surface area contributed by atoms with E-state index in [-0.39, 0.29) is 22.7 Å². The summed E-state index contributed by atoms with van der Waals surface area (Å²) in [6, 6.07) is 2.02. The lowest BCUT2D eigenvalue weighted by molar-refractivity contribution is 0.136. The minimum absolute atomic E-state index is 0. The Morgan fingerprint density at radius 1 is 1.20 bits per heavy atom. The molecule has 1 aliphatic carbocycles. The van der Waals surface area contributed by atoms with E-state index in [1.165, 1.54) is 23.2 Å². The molecule has 9 heteroatoms. The molecule has 1 saturated heterocycles. The highest BCUT2D eigenvalue weighted by Gasteiger charge is 2.37. The minimum atomic E-state index is -3.52. The topological polar surface area (TPSA) is 40.6 Å². The predicted molar refractivity (Wildman–Crippen MR) is 108 cm³/mol. The molecule has 0 aromatic carbocycles. The van der Waals surface area contributed by atoms with E-state index < -0.39 is 10.0 Å². The SMILES string of the molecule is CC1CCN([C@H]2CC[C@@H](N(C)S(=O)(=O)c3cc(Cl)c(Cl)s3)C2)CC1.Cl. The molecule has 4 nitrogen and oxygen atoms in total. The van der Waals surface area contributed by atoms with Gasteiger partial charge in [-0.05, 0) is 57.2 Å². The summed E-state index contributed by atoms with van der Waals surface area (Å²) in [5, 5.41) is 0.306. The first kappa shape index (κ1) is 21.7. The molecule has 0 unspecified atom stereocenters. The Labute approximate surface area is 170 Å². The fraction of sp³-hybridized carbons (Fsp3) is 0.750. The molecule has 144 valence electrons. The number of rotatable bonds is 4. The van der Waals surface area contributed by atoms with Crippen molar-refractivity contribution in [1.29, 1.82) is 0 Å². The molecule has 0 N–H and O–H groups in total. The largest absolute Gasteiger partial charge is 0.300 e. The fourth-order valence-corrected chi connectivity index (χ4v) is 7.25. The van der Waals surface area contributed by atoms with Crippen LogP contribution in [0.2, 0.25) is 9.36 Å². The second kappa shape index (κ2) is 8.63. The van der Waals surface area contributed by atoms with E-state index in [2.05, 4.69) is 11.8 Å². The summed E-state index contributed by atoms with van der Waals surface area (Å²) < 4.78 is 27.7. The Balaban J connectivity index is 0.00000225. The van der Waals surface area contributed by atoms with Crippen molar-refractivity contribution >= 4 is 57.0 Å². The number of piperidine rings is 1. The van der Waals surface area contributed by atoms with Gasteiger partial charge in [-0.15, -0.1) is 23.7 Å². The smallest absolute Gasteiger partial charge is 0.252 e. The molecule has 25 heavy (non-hydrogen) atoms. The second-order valence-electron chi connectivity index (χ2n) is 7.05. The van der Waals surface area contributed by atoms with Crippen molar-refractivity contribution in [2.45, 2.75) is 55.3 Å². The maximum Gasteiger partial charge on any atom is 0.252 e. The number of thiophene rings is 1. The number of halogens is 3. The summed E-state index contributed by atoms with van der Waals surface area (Å²) in [7, 11) is -1.84. The highest BCUT2D eigenvalue weighted by molar-refractivity contribution is 7.91. The van der Waals surface area contributed by atoms with Crippen LogP contribution in [0.1, 0.15) is 39.0 Å². The van der Waals surface area contributed by atoms with E-state index in [9.17, 15) is 8.42 Å². The molecule has 2 aliphatic rings. The Bertz CT molecular complexity index is 668. The first-order valence-corrected chi connectivity index (χ1v) is 11.5. The van der Waals surface area contributed by atoms with Crippen molar-refractivity contribution in [3.63, 3.8) is 0 Å². The Hall–Kier alpha value is 0.440. The van der Waals surface area contributed by atoms with Crippen LogP contribution < -0.4 is 0 Å². The van der Waals surface area contributed by atoms with Gasteiger partial charge in [0.1, 0.15) is 8.55 Å². The van der Waals surface area contributed by atoms with Gasteiger partial charge in [0.2, 0.25) is 0 Å². The van der Waals surface area contributed by atoms with Gasteiger partial charge < -0.3 is 4.90 Å². The van der Waals surface area contributed by atoms with E-state index >= 15 is 0 Å². The van der Waals surface area contributed by atoms with Crippen molar-refractivity contribution in [2.24, 2.45) is 5.92 Å². The van der Waals surface area contributed by atoms with Gasteiger partial charge in [-0.1, -0.05) is 30.1 Å². The van der Waals surface area contributed by atoms with E-state index in [1.54, 1.807) is 7.05 Å². The first-order valence-electron chi connectivity index (χ1n) is 8.46. The zero-order valence-electron chi connectivity index (χ0n) is 14.5. The van der Waals surface area contributed by atoms with Crippen molar-refractivity contribution in [1.82, 2.24) is 9.21 Å². The summed E-state index contributed by atoms with van der Waals surface area (Å²) in [6.07, 6.45) is 5.41. The molecule has 1 saturated carbocycles. The third-order valence-electron chi connectivity index (χ3n) is 5.48. The van der Waals surface area contributed by atoms with Crippen LogP contribution >= 0.6 is 46.9 Å². The molecule has 2 fully saturated rings. The van der Waals surface area contributed by atoms with Crippen molar-refractivity contribution in [2.75, 3.05) is 20.1 Å². The van der Waals surface area contributed by atoms with Crippen LogP contribution in [0.5, 0.6) is 0 Å². The van der Waals surface area contributed by atoms with Crippen LogP contribution in [0.15, 0.2) is 10.3 Å². The predicted octanol–water partition coefficient (Wildman–Crippen LogP) is 4.75. The lowest BCUT2D eigenvalue weighted by Gasteiger charge is -2.35. The van der Waals surface area contributed by atoms with Gasteiger partial charge in [0.05, 0.1) is 5.02 Å². The number of likely N-dealkylation sites (tertiary alicyclic amines) is 1. The van der Waals surface area contributed by atoms with Crippen LogP contribution in [-0.2, 0) is 10.0 Å². The average Bonchev–Trinajstić information content (AvgIpc) is 3.15. The Kier molecular flexibility index (Phi) is 7.51. The number of hydrogen-bond donors (Lipinski definition) is 0. The summed E-state index contributed by atoms with van der Waals surface area (Å²) in [5.74, 6) is 0.815. The summed E-state index contributed by atoms with van der Waals surface area (Å²) in [6.45, 7) is 4.60. The zero-order chi connectivity index (χ0) is 17.5. The lowest BCUT2D eigenvalue weighted by atomic mass is 9.97. The highest BCUT2D eigenvalue weighted by Crippen LogP contribution is 2.38. The van der Waals surface area contributed by atoms with Crippen molar-refractivity contribution < 1.29 is 8.42 Å². The molecule has 2 atom stereocenters. The van der Waals surface area contributed by atoms with Gasteiger partial charge in [-0.3, -0.25) is 0 Å². The number of hydrogen-bond acceptors (Lipinski definition) is 4. The van der Waals surface area contributed by atoms with Crippen LogP contribution in [-0.4, -0.2) is 49.8 Å². The first-order chi connectivity index (χ1) is 11.3. The molecule has 0 amide bonds. The number of nitrogens with zero attached hydrogens (tertiary/aromatic N) is 2. The van der Waals surface area contributed by atoms with Crippen LogP contribution in [0.3, 0.4) is 0 Å².